The minimum absolute atomic E-state index is 0.0209. The van der Waals surface area contributed by atoms with Crippen molar-refractivity contribution in [2.75, 3.05) is 89.5 Å². The molecule has 4 rings (SSSR count). The number of nitrogens with zero attached hydrogens (tertiary/aromatic N) is 2. The summed E-state index contributed by atoms with van der Waals surface area (Å²) in [6, 6.07) is 30.2. The first kappa shape index (κ1) is 51.0. The molecule has 0 atom stereocenters. The van der Waals surface area contributed by atoms with E-state index in [1.807, 2.05) is 94.7 Å². The first-order chi connectivity index (χ1) is 30.9. The van der Waals surface area contributed by atoms with Gasteiger partial charge in [0.15, 0.2) is 0 Å². The van der Waals surface area contributed by atoms with Crippen LogP contribution in [0.1, 0.15) is 60.1 Å². The number of esters is 1. The third-order valence-corrected chi connectivity index (χ3v) is 10.3. The van der Waals surface area contributed by atoms with E-state index in [0.29, 0.717) is 89.3 Å². The molecule has 3 amide bonds. The first-order valence-electron chi connectivity index (χ1n) is 21.8. The average Bonchev–Trinajstić information content (AvgIpc) is 3.26. The molecule has 0 aromatic heterocycles. The molecule has 0 radical (unpaired) electrons. The van der Waals surface area contributed by atoms with Crippen LogP contribution in [0.15, 0.2) is 97.1 Å². The highest BCUT2D eigenvalue weighted by molar-refractivity contribution is 5.89. The molecule has 7 N–H and O–H groups in total. The van der Waals surface area contributed by atoms with Crippen LogP contribution < -0.4 is 16.0 Å². The van der Waals surface area contributed by atoms with Crippen LogP contribution in [0.25, 0.3) is 0 Å². The van der Waals surface area contributed by atoms with Crippen molar-refractivity contribution >= 4 is 35.3 Å². The molecule has 0 aliphatic rings. The fourth-order valence-electron chi connectivity index (χ4n) is 6.88. The van der Waals surface area contributed by atoms with E-state index in [9.17, 15) is 19.2 Å². The first-order valence-corrected chi connectivity index (χ1v) is 21.8. The van der Waals surface area contributed by atoms with Crippen molar-refractivity contribution in [3.8, 4) is 0 Å². The van der Waals surface area contributed by atoms with Crippen LogP contribution in [0.4, 0.5) is 21.0 Å². The molecule has 4 aromatic rings. The second kappa shape index (κ2) is 27.5. The van der Waals surface area contributed by atoms with Gasteiger partial charge in [-0.2, -0.15) is 0 Å². The Hall–Kier alpha value is -5.68. The van der Waals surface area contributed by atoms with Crippen LogP contribution in [-0.4, -0.2) is 139 Å². The van der Waals surface area contributed by atoms with Gasteiger partial charge in [0.1, 0.15) is 18.0 Å². The van der Waals surface area contributed by atoms with Crippen molar-refractivity contribution in [1.82, 2.24) is 15.1 Å². The molecule has 0 heterocycles. The van der Waals surface area contributed by atoms with Crippen LogP contribution in [0.5, 0.6) is 0 Å². The molecular formula is C49H65N5O10. The third kappa shape index (κ3) is 19.8. The fourth-order valence-corrected chi connectivity index (χ4v) is 6.88. The van der Waals surface area contributed by atoms with Crippen molar-refractivity contribution < 1.29 is 49.1 Å². The summed E-state index contributed by atoms with van der Waals surface area (Å²) in [6.07, 6.45) is 2.21. The monoisotopic (exact) mass is 883 g/mol. The van der Waals surface area contributed by atoms with E-state index in [-0.39, 0.29) is 51.3 Å². The van der Waals surface area contributed by atoms with Gasteiger partial charge in [0.05, 0.1) is 32.8 Å². The van der Waals surface area contributed by atoms with Crippen molar-refractivity contribution in [3.63, 3.8) is 0 Å². The third-order valence-electron chi connectivity index (χ3n) is 10.3. The number of benzene rings is 4. The lowest BCUT2D eigenvalue weighted by Gasteiger charge is -2.24. The number of carbonyl (C=O) groups excluding carboxylic acids is 4. The second-order valence-electron chi connectivity index (χ2n) is 16.3. The second-order valence-corrected chi connectivity index (χ2v) is 16.3. The predicted octanol–water partition coefficient (Wildman–Crippen LogP) is 4.57. The number of rotatable bonds is 28. The molecule has 64 heavy (non-hydrogen) atoms. The number of ether oxygens (including phenoxy) is 2. The quantitative estimate of drug-likeness (QED) is 0.0392. The summed E-state index contributed by atoms with van der Waals surface area (Å²) in [5.74, 6) is -0.285. The molecule has 4 aromatic carbocycles. The molecule has 0 fully saturated rings. The minimum atomic E-state index is -1.08. The molecule has 15 heteroatoms. The number of ketones is 1. The molecule has 0 saturated heterocycles. The number of hydrogen-bond donors (Lipinski definition) is 7. The maximum Gasteiger partial charge on any atom is 0.412 e. The zero-order valence-electron chi connectivity index (χ0n) is 37.1. The summed E-state index contributed by atoms with van der Waals surface area (Å²) in [7, 11) is 0. The lowest BCUT2D eigenvalue weighted by Crippen LogP contribution is -2.39. The van der Waals surface area contributed by atoms with Crippen LogP contribution in [-0.2, 0) is 44.7 Å². The van der Waals surface area contributed by atoms with E-state index < -0.39 is 17.7 Å². The Balaban J connectivity index is 1.12. The van der Waals surface area contributed by atoms with E-state index in [4.69, 9.17) is 29.9 Å². The van der Waals surface area contributed by atoms with E-state index in [1.165, 1.54) is 0 Å². The Kier molecular flexibility index (Phi) is 21.9. The van der Waals surface area contributed by atoms with Gasteiger partial charge in [-0.25, -0.2) is 9.59 Å². The number of Topliss-reactive ketones (excluding diaryl/α,β-unsaturated/α-hetero) is 1. The number of anilines is 2. The van der Waals surface area contributed by atoms with Crippen molar-refractivity contribution in [1.29, 1.82) is 0 Å². The van der Waals surface area contributed by atoms with E-state index in [2.05, 4.69) is 16.0 Å². The summed E-state index contributed by atoms with van der Waals surface area (Å²) in [5, 5.41) is 44.8. The highest BCUT2D eigenvalue weighted by atomic mass is 16.6. The van der Waals surface area contributed by atoms with Gasteiger partial charge in [-0.15, -0.1) is 0 Å². The zero-order valence-corrected chi connectivity index (χ0v) is 37.1. The zero-order chi connectivity index (χ0) is 46.2. The molecule has 0 unspecified atom stereocenters. The van der Waals surface area contributed by atoms with Gasteiger partial charge in [0.2, 0.25) is 0 Å². The molecule has 0 saturated carbocycles. The Morgan fingerprint density at radius 1 is 0.547 bits per heavy atom. The van der Waals surface area contributed by atoms with Gasteiger partial charge in [-0.05, 0) is 97.3 Å². The van der Waals surface area contributed by atoms with Gasteiger partial charge >= 0.3 is 18.1 Å². The predicted molar refractivity (Wildman–Crippen MR) is 246 cm³/mol. The highest BCUT2D eigenvalue weighted by Gasteiger charge is 2.25. The molecule has 0 bridgehead atoms. The van der Waals surface area contributed by atoms with Crippen molar-refractivity contribution in [3.05, 3.63) is 130 Å². The number of nitrogens with one attached hydrogen (secondary N) is 3. The molecule has 0 spiro atoms. The van der Waals surface area contributed by atoms with Crippen molar-refractivity contribution in [2.24, 2.45) is 0 Å². The molecule has 0 aliphatic heterocycles. The summed E-state index contributed by atoms with van der Waals surface area (Å²) in [6.45, 7) is 6.57. The van der Waals surface area contributed by atoms with E-state index in [0.717, 1.165) is 33.4 Å². The van der Waals surface area contributed by atoms with Gasteiger partial charge in [0, 0.05) is 63.5 Å². The number of urea groups is 1. The van der Waals surface area contributed by atoms with Crippen LogP contribution >= 0.6 is 0 Å². The number of hydrogen-bond acceptors (Lipinski definition) is 12. The smallest absolute Gasteiger partial charge is 0.412 e. The van der Waals surface area contributed by atoms with E-state index in [1.54, 1.807) is 26.0 Å². The Morgan fingerprint density at radius 2 is 0.969 bits per heavy atom. The fraction of sp³-hybridized carbons (Fsp3) is 0.429. The minimum Gasteiger partial charge on any atom is -0.461 e. The average molecular weight is 884 g/mol. The normalized spacial score (nSPS) is 11.4. The van der Waals surface area contributed by atoms with Gasteiger partial charge in [-0.1, -0.05) is 72.8 Å². The topological polar surface area (TPSA) is 210 Å². The largest absolute Gasteiger partial charge is 0.461 e. The summed E-state index contributed by atoms with van der Waals surface area (Å²) in [5.41, 5.74) is 6.06. The number of carbonyl (C=O) groups is 4. The Morgan fingerprint density at radius 3 is 1.45 bits per heavy atom. The molecule has 0 aliphatic carbocycles. The molecule has 15 nitrogen and oxygen atoms in total. The lowest BCUT2D eigenvalue weighted by atomic mass is 9.99. The van der Waals surface area contributed by atoms with E-state index >= 15 is 0 Å². The summed E-state index contributed by atoms with van der Waals surface area (Å²) < 4.78 is 11.1. The highest BCUT2D eigenvalue weighted by Crippen LogP contribution is 2.19. The van der Waals surface area contributed by atoms with Crippen molar-refractivity contribution in [2.45, 2.75) is 58.0 Å². The Bertz CT molecular complexity index is 2000. The summed E-state index contributed by atoms with van der Waals surface area (Å²) in [4.78, 5) is 54.1. The van der Waals surface area contributed by atoms with Crippen LogP contribution in [0, 0.1) is 0 Å². The maximum atomic E-state index is 12.7. The molecular weight excluding hydrogens is 819 g/mol. The van der Waals surface area contributed by atoms with Gasteiger partial charge < -0.3 is 40.5 Å². The van der Waals surface area contributed by atoms with Crippen LogP contribution in [0.2, 0.25) is 0 Å². The number of aliphatic hydroxyl groups is 4. The number of amides is 3. The molecule has 346 valence electrons. The van der Waals surface area contributed by atoms with Gasteiger partial charge in [0.25, 0.3) is 0 Å². The maximum absolute atomic E-state index is 12.7. The lowest BCUT2D eigenvalue weighted by molar-refractivity contribution is -0.149. The summed E-state index contributed by atoms with van der Waals surface area (Å²) >= 11 is 0. The Labute approximate surface area is 376 Å². The number of aliphatic hydroxyl groups excluding tert-OH is 4. The SMILES string of the molecule is CC(C)(COC(=O)Cc1ccc(Cc2ccc(CC(=O)CCCN(CCO)CCO)cc2)cc1)OC(=O)Nc1ccc(Cc2ccc(NC(=O)NCCN(CCO)CCO)cc2)cc1. The van der Waals surface area contributed by atoms with Gasteiger partial charge in [-0.3, -0.25) is 24.7 Å². The van der Waals surface area contributed by atoms with Crippen LogP contribution in [0.3, 0.4) is 0 Å². The standard InChI is InChI=1S/C49H65N5O10/c1-49(2,64-48(62)52-44-19-15-40(16-20-44)33-39-13-17-43(18-14-39)51-47(61)50-21-23-54(26-30-57)27-31-58)36-63-46(60)35-42-11-7-38(8-12-42)32-37-5-9-41(10-6-37)34-45(59)4-3-22-53(24-28-55)25-29-56/h5-20,55-58H,3-4,21-36H2,1-2H3,(H,52,62)(H2,50,51,61).